The zero-order valence-electron chi connectivity index (χ0n) is 21.0. The summed E-state index contributed by atoms with van der Waals surface area (Å²) in [5.74, 6) is -4.11. The first-order valence-electron chi connectivity index (χ1n) is 12.2. The van der Waals surface area contributed by atoms with Crippen molar-refractivity contribution in [2.45, 2.75) is 30.7 Å². The molecule has 3 aromatic carbocycles. The molecule has 212 valence electrons. The minimum Gasteiger partial charge on any atom is -0.508 e. The van der Waals surface area contributed by atoms with E-state index in [1.807, 2.05) is 30.3 Å². The maximum atomic E-state index is 13.0. The Morgan fingerprint density at radius 2 is 1.59 bits per heavy atom. The molecule has 1 aromatic heterocycles. The number of aliphatic hydroxyl groups is 3. The molecule has 12 nitrogen and oxygen atoms in total. The van der Waals surface area contributed by atoms with Crippen molar-refractivity contribution in [1.29, 1.82) is 0 Å². The molecule has 1 fully saturated rings. The number of carbonyl (C=O) groups is 1. The third kappa shape index (κ3) is 5.32. The third-order valence-electron chi connectivity index (χ3n) is 6.54. The first-order chi connectivity index (χ1) is 19.5. The number of carboxylic acid groups (broad SMARTS) is 1. The molecule has 1 saturated heterocycles. The molecule has 1 aliphatic heterocycles. The Bertz CT molecular complexity index is 1690. The standard InChI is InChI=1S/C29H24O12/c30-15-8-9-16(14(10-15)7-6-13-4-2-1-3-5-13)18-11-17(31)21-19(39-18)12-20(22(32)23(21)33)40-29-26(36)24(34)25(35)27(41-29)28(37)38/h1-12,24-27,29-30,32-36H,(H,37,38)/t24-,25-,26+,27-,29-/m0/s1. The smallest absolute Gasteiger partial charge is 0.335 e. The van der Waals surface area contributed by atoms with Crippen LogP contribution in [0, 0.1) is 0 Å². The van der Waals surface area contributed by atoms with Crippen LogP contribution in [0.3, 0.4) is 0 Å². The van der Waals surface area contributed by atoms with Crippen LogP contribution in [0.4, 0.5) is 0 Å². The highest BCUT2D eigenvalue weighted by Crippen LogP contribution is 2.43. The maximum Gasteiger partial charge on any atom is 0.335 e. The molecule has 0 unspecified atom stereocenters. The molecule has 0 bridgehead atoms. The quantitative estimate of drug-likeness (QED) is 0.133. The normalized spacial score (nSPS) is 22.7. The molecule has 12 heteroatoms. The van der Waals surface area contributed by atoms with Gasteiger partial charge in [0, 0.05) is 17.7 Å². The Balaban J connectivity index is 1.57. The number of phenolic OH excluding ortho intramolecular Hbond substituents is 3. The molecule has 0 amide bonds. The summed E-state index contributed by atoms with van der Waals surface area (Å²) >= 11 is 0. The van der Waals surface area contributed by atoms with Crippen LogP contribution in [0.25, 0.3) is 34.4 Å². The lowest BCUT2D eigenvalue weighted by atomic mass is 9.99. The summed E-state index contributed by atoms with van der Waals surface area (Å²) < 4.78 is 16.3. The van der Waals surface area contributed by atoms with E-state index in [-0.39, 0.29) is 17.1 Å². The predicted octanol–water partition coefficient (Wildman–Crippen LogP) is 2.02. The molecule has 0 saturated carbocycles. The number of fused-ring (bicyclic) bond motifs is 1. The van der Waals surface area contributed by atoms with Crippen LogP contribution in [0.15, 0.2) is 69.9 Å². The van der Waals surface area contributed by atoms with Crippen molar-refractivity contribution in [2.24, 2.45) is 0 Å². The van der Waals surface area contributed by atoms with Crippen LogP contribution in [0.1, 0.15) is 11.1 Å². The molecular weight excluding hydrogens is 540 g/mol. The number of hydrogen-bond donors (Lipinski definition) is 7. The summed E-state index contributed by atoms with van der Waals surface area (Å²) in [5.41, 5.74) is 0.770. The monoisotopic (exact) mass is 564 g/mol. The Hall–Kier alpha value is -4.88. The SMILES string of the molecule is O=C(O)[C@H]1O[C@H](Oc2cc3oc(-c4ccc(O)cc4C=Cc4ccccc4)cc(=O)c3c(O)c2O)[C@H](O)[C@@H](O)[C@@H]1O. The van der Waals surface area contributed by atoms with E-state index in [0.717, 1.165) is 17.7 Å². The fourth-order valence-corrected chi connectivity index (χ4v) is 4.43. The number of benzene rings is 3. The van der Waals surface area contributed by atoms with Gasteiger partial charge in [-0.15, -0.1) is 0 Å². The van der Waals surface area contributed by atoms with Gasteiger partial charge in [0.2, 0.25) is 12.0 Å². The van der Waals surface area contributed by atoms with E-state index in [9.17, 15) is 45.3 Å². The lowest BCUT2D eigenvalue weighted by Crippen LogP contribution is -2.61. The number of aromatic hydroxyl groups is 3. The summed E-state index contributed by atoms with van der Waals surface area (Å²) in [4.78, 5) is 24.4. The number of phenols is 3. The van der Waals surface area contributed by atoms with Crippen molar-refractivity contribution in [3.05, 3.63) is 82.0 Å². The van der Waals surface area contributed by atoms with E-state index in [0.29, 0.717) is 11.1 Å². The van der Waals surface area contributed by atoms with Gasteiger partial charge in [0.1, 0.15) is 40.8 Å². The molecule has 5 atom stereocenters. The van der Waals surface area contributed by atoms with Gasteiger partial charge >= 0.3 is 5.97 Å². The van der Waals surface area contributed by atoms with Gasteiger partial charge in [-0.3, -0.25) is 4.79 Å². The van der Waals surface area contributed by atoms with Crippen LogP contribution in [-0.2, 0) is 9.53 Å². The van der Waals surface area contributed by atoms with Gasteiger partial charge in [-0.2, -0.15) is 0 Å². The Labute approximate surface area is 230 Å². The molecule has 2 heterocycles. The molecule has 0 aliphatic carbocycles. The summed E-state index contributed by atoms with van der Waals surface area (Å²) in [6.07, 6.45) is -6.29. The minimum atomic E-state index is -1.98. The van der Waals surface area contributed by atoms with Crippen LogP contribution < -0.4 is 10.2 Å². The van der Waals surface area contributed by atoms with Crippen molar-refractivity contribution in [1.82, 2.24) is 0 Å². The van der Waals surface area contributed by atoms with E-state index in [1.54, 1.807) is 12.2 Å². The predicted molar refractivity (Wildman–Crippen MR) is 143 cm³/mol. The van der Waals surface area contributed by atoms with Crippen LogP contribution in [-0.4, -0.2) is 72.4 Å². The average Bonchev–Trinajstić information content (AvgIpc) is 2.94. The lowest BCUT2D eigenvalue weighted by molar-refractivity contribution is -0.271. The fraction of sp³-hybridized carbons (Fsp3) is 0.172. The second kappa shape index (κ2) is 10.9. The molecule has 1 aliphatic rings. The molecule has 41 heavy (non-hydrogen) atoms. The van der Waals surface area contributed by atoms with Crippen molar-refractivity contribution < 1.29 is 54.4 Å². The molecule has 0 radical (unpaired) electrons. The van der Waals surface area contributed by atoms with Gasteiger partial charge < -0.3 is 49.6 Å². The fourth-order valence-electron chi connectivity index (χ4n) is 4.43. The number of rotatable bonds is 6. The highest BCUT2D eigenvalue weighted by atomic mass is 16.7. The average molecular weight is 564 g/mol. The topological polar surface area (TPSA) is 207 Å². The van der Waals surface area contributed by atoms with Gasteiger partial charge in [0.05, 0.1) is 0 Å². The van der Waals surface area contributed by atoms with Gasteiger partial charge in [-0.1, -0.05) is 42.5 Å². The molecular formula is C29H24O12. The molecule has 5 rings (SSSR count). The van der Waals surface area contributed by atoms with Gasteiger partial charge in [-0.25, -0.2) is 4.79 Å². The van der Waals surface area contributed by atoms with Gasteiger partial charge in [0.25, 0.3) is 0 Å². The maximum absolute atomic E-state index is 13.0. The van der Waals surface area contributed by atoms with Crippen LogP contribution in [0.5, 0.6) is 23.0 Å². The van der Waals surface area contributed by atoms with E-state index in [4.69, 9.17) is 13.9 Å². The summed E-state index contributed by atoms with van der Waals surface area (Å²) in [7, 11) is 0. The highest BCUT2D eigenvalue weighted by molar-refractivity contribution is 5.90. The van der Waals surface area contributed by atoms with E-state index in [2.05, 4.69) is 0 Å². The number of aliphatic carboxylic acids is 1. The van der Waals surface area contributed by atoms with E-state index < -0.39 is 64.7 Å². The molecule has 0 spiro atoms. The summed E-state index contributed by atoms with van der Waals surface area (Å²) in [5, 5.41) is 70.2. The van der Waals surface area contributed by atoms with Crippen molar-refractivity contribution in [3.8, 4) is 34.3 Å². The van der Waals surface area contributed by atoms with Crippen molar-refractivity contribution in [2.75, 3.05) is 0 Å². The van der Waals surface area contributed by atoms with Crippen LogP contribution >= 0.6 is 0 Å². The number of hydrogen-bond acceptors (Lipinski definition) is 11. The zero-order chi connectivity index (χ0) is 29.4. The Kier molecular flexibility index (Phi) is 7.39. The second-order valence-electron chi connectivity index (χ2n) is 9.29. The number of ether oxygens (including phenoxy) is 2. The van der Waals surface area contributed by atoms with Crippen molar-refractivity contribution >= 4 is 29.1 Å². The third-order valence-corrected chi connectivity index (χ3v) is 6.54. The largest absolute Gasteiger partial charge is 0.508 e. The minimum absolute atomic E-state index is 0.0321. The first kappa shape index (κ1) is 27.7. The van der Waals surface area contributed by atoms with E-state index >= 15 is 0 Å². The van der Waals surface area contributed by atoms with Gasteiger partial charge in [0.15, 0.2) is 23.0 Å². The Morgan fingerprint density at radius 3 is 2.29 bits per heavy atom. The molecule has 4 aromatic rings. The highest BCUT2D eigenvalue weighted by Gasteiger charge is 2.48. The first-order valence-corrected chi connectivity index (χ1v) is 12.2. The lowest BCUT2D eigenvalue weighted by Gasteiger charge is -2.38. The zero-order valence-corrected chi connectivity index (χ0v) is 21.0. The molecule has 7 N–H and O–H groups in total. The van der Waals surface area contributed by atoms with Gasteiger partial charge in [-0.05, 0) is 29.3 Å². The number of carboxylic acids is 1. The van der Waals surface area contributed by atoms with Crippen LogP contribution in [0.2, 0.25) is 0 Å². The van der Waals surface area contributed by atoms with Crippen molar-refractivity contribution in [3.63, 3.8) is 0 Å². The van der Waals surface area contributed by atoms with E-state index in [1.165, 1.54) is 18.2 Å². The second-order valence-corrected chi connectivity index (χ2v) is 9.29. The summed E-state index contributed by atoms with van der Waals surface area (Å²) in [6.45, 7) is 0. The summed E-state index contributed by atoms with van der Waals surface area (Å²) in [6, 6.07) is 15.8. The Morgan fingerprint density at radius 1 is 0.854 bits per heavy atom. The number of aliphatic hydroxyl groups excluding tert-OH is 3.